The summed E-state index contributed by atoms with van der Waals surface area (Å²) in [6, 6.07) is 0. The van der Waals surface area contributed by atoms with E-state index < -0.39 is 0 Å². The summed E-state index contributed by atoms with van der Waals surface area (Å²) in [6.45, 7) is 2.62. The van der Waals surface area contributed by atoms with Crippen LogP contribution in [-0.2, 0) is 11.3 Å². The second-order valence-electron chi connectivity index (χ2n) is 2.38. The van der Waals surface area contributed by atoms with Crippen LogP contribution in [0.5, 0.6) is 0 Å². The van der Waals surface area contributed by atoms with Gasteiger partial charge in [0.15, 0.2) is 0 Å². The van der Waals surface area contributed by atoms with E-state index in [4.69, 9.17) is 0 Å². The SMILES string of the molecule is Cc1ncsc1CN(C)C=O. The van der Waals surface area contributed by atoms with Gasteiger partial charge in [0, 0.05) is 11.9 Å². The molecule has 0 bridgehead atoms. The zero-order chi connectivity index (χ0) is 8.27. The second-order valence-corrected chi connectivity index (χ2v) is 3.32. The summed E-state index contributed by atoms with van der Waals surface area (Å²) in [7, 11) is 1.76. The van der Waals surface area contributed by atoms with Crippen molar-refractivity contribution in [1.29, 1.82) is 0 Å². The van der Waals surface area contributed by atoms with Crippen LogP contribution in [0.3, 0.4) is 0 Å². The molecule has 1 aromatic rings. The quantitative estimate of drug-likeness (QED) is 0.635. The molecule has 1 heterocycles. The number of carbonyl (C=O) groups excluding carboxylic acids is 1. The lowest BCUT2D eigenvalue weighted by atomic mass is 10.4. The van der Waals surface area contributed by atoms with Crippen molar-refractivity contribution in [2.45, 2.75) is 13.5 Å². The van der Waals surface area contributed by atoms with E-state index in [1.54, 1.807) is 28.8 Å². The van der Waals surface area contributed by atoms with Crippen molar-refractivity contribution in [3.05, 3.63) is 16.1 Å². The number of amides is 1. The Kier molecular flexibility index (Phi) is 2.59. The van der Waals surface area contributed by atoms with Gasteiger partial charge in [-0.15, -0.1) is 11.3 Å². The minimum absolute atomic E-state index is 0.667. The highest BCUT2D eigenvalue weighted by Gasteiger charge is 2.02. The topological polar surface area (TPSA) is 33.2 Å². The fourth-order valence-corrected chi connectivity index (χ4v) is 1.58. The van der Waals surface area contributed by atoms with Gasteiger partial charge in [-0.1, -0.05) is 0 Å². The molecule has 0 aromatic carbocycles. The van der Waals surface area contributed by atoms with Gasteiger partial charge in [-0.3, -0.25) is 4.79 Å². The molecule has 0 atom stereocenters. The molecule has 0 saturated heterocycles. The van der Waals surface area contributed by atoms with E-state index >= 15 is 0 Å². The van der Waals surface area contributed by atoms with E-state index in [0.717, 1.165) is 17.0 Å². The van der Waals surface area contributed by atoms with Crippen LogP contribution < -0.4 is 0 Å². The summed E-state index contributed by atoms with van der Waals surface area (Å²) in [6.07, 6.45) is 0.819. The van der Waals surface area contributed by atoms with Crippen molar-refractivity contribution in [3.63, 3.8) is 0 Å². The highest BCUT2D eigenvalue weighted by Crippen LogP contribution is 2.12. The normalized spacial score (nSPS) is 9.64. The Hall–Kier alpha value is -0.900. The van der Waals surface area contributed by atoms with Crippen LogP contribution in [0, 0.1) is 6.92 Å². The summed E-state index contributed by atoms with van der Waals surface area (Å²) in [4.78, 5) is 17.1. The highest BCUT2D eigenvalue weighted by molar-refractivity contribution is 7.09. The lowest BCUT2D eigenvalue weighted by Crippen LogP contribution is -2.14. The number of nitrogens with zero attached hydrogens (tertiary/aromatic N) is 2. The van der Waals surface area contributed by atoms with E-state index in [1.807, 2.05) is 6.92 Å². The molecule has 60 valence electrons. The third kappa shape index (κ3) is 2.01. The van der Waals surface area contributed by atoms with Crippen molar-refractivity contribution < 1.29 is 4.79 Å². The lowest BCUT2D eigenvalue weighted by Gasteiger charge is -2.07. The molecule has 3 nitrogen and oxygen atoms in total. The van der Waals surface area contributed by atoms with E-state index in [0.29, 0.717) is 6.54 Å². The molecule has 11 heavy (non-hydrogen) atoms. The van der Waals surface area contributed by atoms with Gasteiger partial charge in [-0.05, 0) is 6.92 Å². The van der Waals surface area contributed by atoms with E-state index in [-0.39, 0.29) is 0 Å². The molecular formula is C7H10N2OS. The average molecular weight is 170 g/mol. The predicted molar refractivity (Wildman–Crippen MR) is 44.4 cm³/mol. The molecule has 0 aliphatic carbocycles. The molecule has 1 amide bonds. The monoisotopic (exact) mass is 170 g/mol. The second kappa shape index (κ2) is 3.48. The minimum atomic E-state index is 0.667. The van der Waals surface area contributed by atoms with Gasteiger partial charge >= 0.3 is 0 Å². The van der Waals surface area contributed by atoms with Crippen LogP contribution >= 0.6 is 11.3 Å². The maximum absolute atomic E-state index is 10.3. The molecule has 0 spiro atoms. The summed E-state index contributed by atoms with van der Waals surface area (Å²) >= 11 is 1.58. The van der Waals surface area contributed by atoms with Gasteiger partial charge in [0.2, 0.25) is 6.41 Å². The molecule has 4 heteroatoms. The van der Waals surface area contributed by atoms with Gasteiger partial charge in [0.25, 0.3) is 0 Å². The van der Waals surface area contributed by atoms with Gasteiger partial charge in [0.1, 0.15) is 0 Å². The standard InChI is InChI=1S/C7H10N2OS/c1-6-7(11-4-8-6)3-9(2)5-10/h4-5H,3H2,1-2H3. The molecule has 0 aliphatic rings. The maximum Gasteiger partial charge on any atom is 0.209 e. The molecule has 1 rings (SSSR count). The fourth-order valence-electron chi connectivity index (χ4n) is 0.742. The number of carbonyl (C=O) groups is 1. The van der Waals surface area contributed by atoms with Crippen LogP contribution in [0.25, 0.3) is 0 Å². The predicted octanol–water partition coefficient (Wildman–Crippen LogP) is 1.04. The zero-order valence-corrected chi connectivity index (χ0v) is 7.39. The number of rotatable bonds is 3. The number of aromatic nitrogens is 1. The van der Waals surface area contributed by atoms with Crippen molar-refractivity contribution >= 4 is 17.7 Å². The largest absolute Gasteiger partial charge is 0.343 e. The number of hydrogen-bond acceptors (Lipinski definition) is 3. The summed E-state index contributed by atoms with van der Waals surface area (Å²) in [5.41, 5.74) is 2.81. The summed E-state index contributed by atoms with van der Waals surface area (Å²) < 4.78 is 0. The van der Waals surface area contributed by atoms with Crippen molar-refractivity contribution in [3.8, 4) is 0 Å². The van der Waals surface area contributed by atoms with Gasteiger partial charge in [-0.25, -0.2) is 4.98 Å². The van der Waals surface area contributed by atoms with E-state index in [9.17, 15) is 4.79 Å². The van der Waals surface area contributed by atoms with Gasteiger partial charge < -0.3 is 4.90 Å². The molecule has 0 saturated carbocycles. The average Bonchev–Trinajstić information content (AvgIpc) is 2.37. The number of thiazole rings is 1. The number of hydrogen-bond donors (Lipinski definition) is 0. The Morgan fingerprint density at radius 1 is 1.82 bits per heavy atom. The Morgan fingerprint density at radius 3 is 3.00 bits per heavy atom. The third-order valence-electron chi connectivity index (χ3n) is 1.42. The Balaban J connectivity index is 2.63. The van der Waals surface area contributed by atoms with Crippen LogP contribution in [-0.4, -0.2) is 23.3 Å². The molecule has 0 unspecified atom stereocenters. The smallest absolute Gasteiger partial charge is 0.209 e. The molecule has 1 aromatic heterocycles. The first-order chi connectivity index (χ1) is 5.24. The Morgan fingerprint density at radius 2 is 2.55 bits per heavy atom. The van der Waals surface area contributed by atoms with Crippen molar-refractivity contribution in [2.75, 3.05) is 7.05 Å². The highest BCUT2D eigenvalue weighted by atomic mass is 32.1. The molecule has 0 N–H and O–H groups in total. The zero-order valence-electron chi connectivity index (χ0n) is 6.57. The van der Waals surface area contributed by atoms with E-state index in [1.165, 1.54) is 0 Å². The Bertz CT molecular complexity index is 246. The maximum atomic E-state index is 10.3. The van der Waals surface area contributed by atoms with Crippen molar-refractivity contribution in [2.24, 2.45) is 0 Å². The molecular weight excluding hydrogens is 160 g/mol. The van der Waals surface area contributed by atoms with Crippen LogP contribution in [0.4, 0.5) is 0 Å². The van der Waals surface area contributed by atoms with Crippen LogP contribution in [0.2, 0.25) is 0 Å². The van der Waals surface area contributed by atoms with Gasteiger partial charge in [-0.2, -0.15) is 0 Å². The fraction of sp³-hybridized carbons (Fsp3) is 0.429. The Labute approximate surface area is 69.7 Å². The van der Waals surface area contributed by atoms with Crippen LogP contribution in [0.1, 0.15) is 10.6 Å². The summed E-state index contributed by atoms with van der Waals surface area (Å²) in [5, 5.41) is 0. The third-order valence-corrected chi connectivity index (χ3v) is 2.34. The molecule has 0 fully saturated rings. The molecule has 0 aliphatic heterocycles. The minimum Gasteiger partial charge on any atom is -0.343 e. The van der Waals surface area contributed by atoms with Crippen LogP contribution in [0.15, 0.2) is 5.51 Å². The molecule has 0 radical (unpaired) electrons. The van der Waals surface area contributed by atoms with E-state index in [2.05, 4.69) is 4.98 Å². The summed E-state index contributed by atoms with van der Waals surface area (Å²) in [5.74, 6) is 0. The number of aryl methyl sites for hydroxylation is 1. The first kappa shape index (κ1) is 8.20. The van der Waals surface area contributed by atoms with Gasteiger partial charge in [0.05, 0.1) is 17.7 Å². The first-order valence-electron chi connectivity index (χ1n) is 3.28. The lowest BCUT2D eigenvalue weighted by molar-refractivity contribution is -0.117. The first-order valence-corrected chi connectivity index (χ1v) is 4.16. The van der Waals surface area contributed by atoms with Crippen molar-refractivity contribution in [1.82, 2.24) is 9.88 Å².